The molecule has 0 amide bonds. The van der Waals surface area contributed by atoms with Gasteiger partial charge in [-0.05, 0) is 36.1 Å². The van der Waals surface area contributed by atoms with Crippen LogP contribution in [0.3, 0.4) is 0 Å². The Bertz CT molecular complexity index is 773. The molecule has 4 rings (SSSR count). The SMILES string of the molecule is COc1ccc2ccccc2c1CN1CC[C@@H](N2CCC(O)CC2)[C@H](O)C1. The van der Waals surface area contributed by atoms with Crippen LogP contribution in [0.25, 0.3) is 10.8 Å². The molecule has 0 saturated carbocycles. The van der Waals surface area contributed by atoms with Crippen molar-refractivity contribution in [2.24, 2.45) is 0 Å². The lowest BCUT2D eigenvalue weighted by Crippen LogP contribution is -2.55. The smallest absolute Gasteiger partial charge is 0.123 e. The highest BCUT2D eigenvalue weighted by Crippen LogP contribution is 2.30. The van der Waals surface area contributed by atoms with Crippen LogP contribution in [0.1, 0.15) is 24.8 Å². The summed E-state index contributed by atoms with van der Waals surface area (Å²) in [7, 11) is 1.72. The minimum atomic E-state index is -0.352. The monoisotopic (exact) mass is 370 g/mol. The number of rotatable bonds is 4. The molecule has 27 heavy (non-hydrogen) atoms. The van der Waals surface area contributed by atoms with Gasteiger partial charge in [-0.25, -0.2) is 0 Å². The first-order valence-electron chi connectivity index (χ1n) is 10.0. The van der Waals surface area contributed by atoms with Gasteiger partial charge in [-0.2, -0.15) is 0 Å². The zero-order valence-electron chi connectivity index (χ0n) is 16.1. The molecule has 146 valence electrons. The third-order valence-electron chi connectivity index (χ3n) is 6.20. The van der Waals surface area contributed by atoms with Gasteiger partial charge in [-0.1, -0.05) is 30.3 Å². The van der Waals surface area contributed by atoms with Gasteiger partial charge >= 0.3 is 0 Å². The summed E-state index contributed by atoms with van der Waals surface area (Å²) in [6.45, 7) is 4.20. The molecule has 2 heterocycles. The Balaban J connectivity index is 1.47. The lowest BCUT2D eigenvalue weighted by Gasteiger charge is -2.44. The Morgan fingerprint density at radius 1 is 1.00 bits per heavy atom. The van der Waals surface area contributed by atoms with Crippen LogP contribution in [-0.4, -0.2) is 71.6 Å². The van der Waals surface area contributed by atoms with Crippen molar-refractivity contribution in [3.05, 3.63) is 42.0 Å². The summed E-state index contributed by atoms with van der Waals surface area (Å²) in [6, 6.07) is 12.8. The normalized spacial score (nSPS) is 25.7. The molecule has 0 radical (unpaired) electrons. The average Bonchev–Trinajstić information content (AvgIpc) is 2.69. The van der Waals surface area contributed by atoms with Crippen LogP contribution < -0.4 is 4.74 Å². The zero-order chi connectivity index (χ0) is 18.8. The second-order valence-electron chi connectivity index (χ2n) is 7.89. The summed E-state index contributed by atoms with van der Waals surface area (Å²) >= 11 is 0. The first-order valence-corrected chi connectivity index (χ1v) is 10.0. The van der Waals surface area contributed by atoms with E-state index in [1.54, 1.807) is 7.11 Å². The van der Waals surface area contributed by atoms with Crippen LogP contribution in [0.2, 0.25) is 0 Å². The van der Waals surface area contributed by atoms with Crippen molar-refractivity contribution >= 4 is 10.8 Å². The number of likely N-dealkylation sites (tertiary alicyclic amines) is 2. The number of hydrogen-bond acceptors (Lipinski definition) is 5. The number of piperidine rings is 2. The second kappa shape index (κ2) is 8.15. The second-order valence-corrected chi connectivity index (χ2v) is 7.89. The maximum Gasteiger partial charge on any atom is 0.123 e. The zero-order valence-corrected chi connectivity index (χ0v) is 16.1. The van der Waals surface area contributed by atoms with Gasteiger partial charge < -0.3 is 14.9 Å². The molecule has 2 aromatic carbocycles. The molecule has 0 unspecified atom stereocenters. The van der Waals surface area contributed by atoms with E-state index in [4.69, 9.17) is 4.74 Å². The number of fused-ring (bicyclic) bond motifs is 1. The molecule has 0 aliphatic carbocycles. The van der Waals surface area contributed by atoms with E-state index in [0.717, 1.165) is 51.2 Å². The lowest BCUT2D eigenvalue weighted by atomic mass is 9.95. The Morgan fingerprint density at radius 2 is 1.78 bits per heavy atom. The van der Waals surface area contributed by atoms with Crippen molar-refractivity contribution in [1.82, 2.24) is 9.80 Å². The van der Waals surface area contributed by atoms with Gasteiger partial charge in [0, 0.05) is 44.3 Å². The highest BCUT2D eigenvalue weighted by Gasteiger charge is 2.34. The van der Waals surface area contributed by atoms with Crippen LogP contribution in [0.4, 0.5) is 0 Å². The highest BCUT2D eigenvalue weighted by atomic mass is 16.5. The first kappa shape index (κ1) is 18.7. The Hall–Kier alpha value is -1.66. The molecule has 2 fully saturated rings. The molecule has 2 atom stereocenters. The highest BCUT2D eigenvalue weighted by molar-refractivity contribution is 5.87. The van der Waals surface area contributed by atoms with Crippen LogP contribution in [0.15, 0.2) is 36.4 Å². The van der Waals surface area contributed by atoms with Crippen LogP contribution in [-0.2, 0) is 6.54 Å². The number of aliphatic hydroxyl groups is 2. The number of benzene rings is 2. The maximum absolute atomic E-state index is 10.8. The van der Waals surface area contributed by atoms with E-state index in [-0.39, 0.29) is 18.2 Å². The first-order chi connectivity index (χ1) is 13.2. The minimum Gasteiger partial charge on any atom is -0.496 e. The third kappa shape index (κ3) is 3.97. The summed E-state index contributed by atoms with van der Waals surface area (Å²) in [4.78, 5) is 4.71. The van der Waals surface area contributed by atoms with E-state index in [1.807, 2.05) is 6.07 Å². The number of aliphatic hydroxyl groups excluding tert-OH is 2. The van der Waals surface area contributed by atoms with E-state index < -0.39 is 0 Å². The molecule has 2 aromatic rings. The van der Waals surface area contributed by atoms with Crippen molar-refractivity contribution in [1.29, 1.82) is 0 Å². The fraction of sp³-hybridized carbons (Fsp3) is 0.545. The van der Waals surface area contributed by atoms with Gasteiger partial charge in [0.05, 0.1) is 19.3 Å². The largest absolute Gasteiger partial charge is 0.496 e. The predicted octanol–water partition coefficient (Wildman–Crippen LogP) is 2.24. The number of nitrogens with zero attached hydrogens (tertiary/aromatic N) is 2. The minimum absolute atomic E-state index is 0.169. The molecule has 5 nitrogen and oxygen atoms in total. The summed E-state index contributed by atoms with van der Waals surface area (Å²) in [5.74, 6) is 0.912. The van der Waals surface area contributed by atoms with E-state index in [9.17, 15) is 10.2 Å². The number of methoxy groups -OCH3 is 1. The lowest BCUT2D eigenvalue weighted by molar-refractivity contribution is -0.0355. The molecule has 2 N–H and O–H groups in total. The van der Waals surface area contributed by atoms with Crippen molar-refractivity contribution < 1.29 is 14.9 Å². The summed E-state index contributed by atoms with van der Waals surface area (Å²) in [5.41, 5.74) is 1.20. The Kier molecular flexibility index (Phi) is 5.64. The van der Waals surface area contributed by atoms with Gasteiger partial charge in [0.15, 0.2) is 0 Å². The van der Waals surface area contributed by atoms with Gasteiger partial charge in [0.25, 0.3) is 0 Å². The van der Waals surface area contributed by atoms with E-state index in [2.05, 4.69) is 40.1 Å². The maximum atomic E-state index is 10.8. The van der Waals surface area contributed by atoms with Crippen LogP contribution in [0.5, 0.6) is 5.75 Å². The van der Waals surface area contributed by atoms with Gasteiger partial charge in [-0.3, -0.25) is 9.80 Å². The van der Waals surface area contributed by atoms with Crippen LogP contribution >= 0.6 is 0 Å². The number of ether oxygens (including phenoxy) is 1. The molecule has 2 aliphatic heterocycles. The Morgan fingerprint density at radius 3 is 2.52 bits per heavy atom. The molecular formula is C22H30N2O3. The topological polar surface area (TPSA) is 56.2 Å². The van der Waals surface area contributed by atoms with Gasteiger partial charge in [0.2, 0.25) is 0 Å². The quantitative estimate of drug-likeness (QED) is 0.865. The van der Waals surface area contributed by atoms with Gasteiger partial charge in [-0.15, -0.1) is 0 Å². The average molecular weight is 370 g/mol. The Labute approximate surface area is 161 Å². The summed E-state index contributed by atoms with van der Waals surface area (Å²) in [5, 5.41) is 23.0. The molecule has 2 saturated heterocycles. The van der Waals surface area contributed by atoms with E-state index in [1.165, 1.54) is 16.3 Å². The standard InChI is InChI=1S/C22H30N2O3/c1-27-22-7-6-16-4-2-3-5-18(16)19(22)14-23-11-10-20(21(26)15-23)24-12-8-17(25)9-13-24/h2-7,17,20-21,25-26H,8-15H2,1H3/t20-,21-/m1/s1. The number of hydrogen-bond donors (Lipinski definition) is 2. The number of β-amino-alcohol motifs (C(OH)–C–C–N with tert-alkyl or cyclic N) is 1. The van der Waals surface area contributed by atoms with Crippen molar-refractivity contribution in [2.45, 2.75) is 44.1 Å². The van der Waals surface area contributed by atoms with E-state index in [0.29, 0.717) is 6.54 Å². The molecule has 2 aliphatic rings. The molecule has 0 spiro atoms. The van der Waals surface area contributed by atoms with Crippen LogP contribution in [0, 0.1) is 0 Å². The third-order valence-corrected chi connectivity index (χ3v) is 6.20. The van der Waals surface area contributed by atoms with Crippen molar-refractivity contribution in [3.8, 4) is 5.75 Å². The van der Waals surface area contributed by atoms with Crippen molar-refractivity contribution in [3.63, 3.8) is 0 Å². The fourth-order valence-electron chi connectivity index (χ4n) is 4.67. The molecular weight excluding hydrogens is 340 g/mol. The summed E-state index contributed by atoms with van der Waals surface area (Å²) in [6.07, 6.45) is 2.08. The molecule has 0 bridgehead atoms. The summed E-state index contributed by atoms with van der Waals surface area (Å²) < 4.78 is 5.63. The van der Waals surface area contributed by atoms with Crippen molar-refractivity contribution in [2.75, 3.05) is 33.3 Å². The molecule has 5 heteroatoms. The molecule has 0 aromatic heterocycles. The van der Waals surface area contributed by atoms with Gasteiger partial charge in [0.1, 0.15) is 5.75 Å². The van der Waals surface area contributed by atoms with E-state index >= 15 is 0 Å². The fourth-order valence-corrected chi connectivity index (χ4v) is 4.67. The predicted molar refractivity (Wildman–Crippen MR) is 107 cm³/mol.